The summed E-state index contributed by atoms with van der Waals surface area (Å²) in [4.78, 5) is 38.9. The summed E-state index contributed by atoms with van der Waals surface area (Å²) in [6.45, 7) is 7.98. The van der Waals surface area contributed by atoms with Crippen LogP contribution in [0.15, 0.2) is 32.5 Å². The van der Waals surface area contributed by atoms with Crippen molar-refractivity contribution in [1.82, 2.24) is 21.1 Å². The molecule has 10 heteroatoms. The Morgan fingerprint density at radius 3 is 2.43 bits per heavy atom. The van der Waals surface area contributed by atoms with Crippen LogP contribution in [0.25, 0.3) is 0 Å². The van der Waals surface area contributed by atoms with Crippen molar-refractivity contribution in [1.29, 1.82) is 0 Å². The predicted octanol–water partition coefficient (Wildman–Crippen LogP) is 2.52. The molecule has 3 N–H and O–H groups in total. The summed E-state index contributed by atoms with van der Waals surface area (Å²) in [5, 5.41) is 2.57. The fourth-order valence-electron chi connectivity index (χ4n) is 2.31. The lowest BCUT2D eigenvalue weighted by Crippen LogP contribution is -2.51. The summed E-state index contributed by atoms with van der Waals surface area (Å²) >= 11 is 4.54. The molecule has 0 radical (unpaired) electrons. The number of carbonyl (C=O) groups is 3. The maximum absolute atomic E-state index is 12.1. The Hall–Kier alpha value is -2.17. The first-order valence-electron chi connectivity index (χ1n) is 8.81. The van der Waals surface area contributed by atoms with Gasteiger partial charge in [0.05, 0.1) is 15.2 Å². The van der Waals surface area contributed by atoms with Crippen molar-refractivity contribution >= 4 is 45.0 Å². The van der Waals surface area contributed by atoms with Crippen molar-refractivity contribution in [3.05, 3.63) is 44.4 Å². The number of furan rings is 1. The summed E-state index contributed by atoms with van der Waals surface area (Å²) in [6, 6.07) is 5.87. The Labute approximate surface area is 175 Å². The average Bonchev–Trinajstić information content (AvgIpc) is 3.32. The molecule has 0 aliphatic heterocycles. The number of halogens is 1. The van der Waals surface area contributed by atoms with Gasteiger partial charge in [0.2, 0.25) is 0 Å². The van der Waals surface area contributed by atoms with Gasteiger partial charge in [-0.1, -0.05) is 13.8 Å². The number of thiophene rings is 1. The van der Waals surface area contributed by atoms with Crippen LogP contribution in [0.3, 0.4) is 0 Å². The average molecular weight is 471 g/mol. The zero-order valence-corrected chi connectivity index (χ0v) is 18.3. The molecule has 0 aliphatic rings. The highest BCUT2D eigenvalue weighted by Gasteiger charge is 2.19. The fourth-order valence-corrected chi connectivity index (χ4v) is 3.60. The molecule has 8 nitrogen and oxygen atoms in total. The van der Waals surface area contributed by atoms with E-state index in [1.807, 2.05) is 13.8 Å². The topological polar surface area (TPSA) is 104 Å². The maximum Gasteiger partial charge on any atom is 0.305 e. The number of carbonyl (C=O) groups excluding carboxylic acids is 3. The molecule has 1 unspecified atom stereocenters. The molecule has 2 rings (SSSR count). The molecule has 0 saturated carbocycles. The van der Waals surface area contributed by atoms with Gasteiger partial charge in [0.15, 0.2) is 5.76 Å². The van der Waals surface area contributed by atoms with E-state index in [0.717, 1.165) is 16.9 Å². The number of hydrogen-bond donors (Lipinski definition) is 3. The van der Waals surface area contributed by atoms with Gasteiger partial charge >= 0.3 is 5.91 Å². The van der Waals surface area contributed by atoms with Gasteiger partial charge < -0.3 is 9.73 Å². The molecular weight excluding hydrogens is 448 g/mol. The first-order valence-corrected chi connectivity index (χ1v) is 10.4. The predicted molar refractivity (Wildman–Crippen MR) is 110 cm³/mol. The van der Waals surface area contributed by atoms with Crippen molar-refractivity contribution in [3.63, 3.8) is 0 Å². The Kier molecular flexibility index (Phi) is 8.21. The van der Waals surface area contributed by atoms with Gasteiger partial charge in [0.25, 0.3) is 11.8 Å². The zero-order valence-electron chi connectivity index (χ0n) is 15.9. The summed E-state index contributed by atoms with van der Waals surface area (Å²) < 4.78 is 6.34. The van der Waals surface area contributed by atoms with E-state index < -0.39 is 17.9 Å². The minimum atomic E-state index is -0.830. The highest BCUT2D eigenvalue weighted by atomic mass is 79.9. The molecule has 0 aliphatic carbocycles. The normalized spacial score (nSPS) is 11.9. The third kappa shape index (κ3) is 6.18. The quantitative estimate of drug-likeness (QED) is 0.514. The molecule has 152 valence electrons. The van der Waals surface area contributed by atoms with Gasteiger partial charge in [0, 0.05) is 0 Å². The molecule has 2 aromatic rings. The molecule has 28 heavy (non-hydrogen) atoms. The van der Waals surface area contributed by atoms with Crippen LogP contribution < -0.4 is 16.2 Å². The van der Waals surface area contributed by atoms with E-state index in [4.69, 9.17) is 4.42 Å². The first-order chi connectivity index (χ1) is 13.3. The minimum Gasteiger partial charge on any atom is -0.454 e. The molecule has 1 atom stereocenters. The summed E-state index contributed by atoms with van der Waals surface area (Å²) in [5.74, 6) is -0.714. The summed E-state index contributed by atoms with van der Waals surface area (Å²) in [5.41, 5.74) is 4.57. The molecule has 0 spiro atoms. The molecule has 2 aromatic heterocycles. The number of rotatable bonds is 8. The van der Waals surface area contributed by atoms with Crippen LogP contribution in [0, 0.1) is 0 Å². The Morgan fingerprint density at radius 1 is 1.11 bits per heavy atom. The van der Waals surface area contributed by atoms with Crippen molar-refractivity contribution in [2.24, 2.45) is 0 Å². The van der Waals surface area contributed by atoms with Crippen molar-refractivity contribution < 1.29 is 18.8 Å². The van der Waals surface area contributed by atoms with Crippen LogP contribution in [-0.2, 0) is 11.3 Å². The largest absolute Gasteiger partial charge is 0.454 e. The standard InChI is InChI=1S/C18H23BrN4O4S/c1-4-23(5-2)10-12-6-7-13(27-12)17(25)22-21-16(24)11(3)20-18(26)14-8-9-15(19)28-14/h6-9,11H,4-5,10H2,1-3H3,(H,20,26)(H,21,24)(H,22,25). The maximum atomic E-state index is 12.1. The van der Waals surface area contributed by atoms with Gasteiger partial charge in [-0.25, -0.2) is 0 Å². The number of amides is 3. The van der Waals surface area contributed by atoms with E-state index >= 15 is 0 Å². The lowest BCUT2D eigenvalue weighted by Gasteiger charge is -2.15. The van der Waals surface area contributed by atoms with Crippen LogP contribution in [0.5, 0.6) is 0 Å². The number of hydrazine groups is 1. The second-order valence-corrected chi connectivity index (χ2v) is 8.43. The van der Waals surface area contributed by atoms with Gasteiger partial charge in [-0.15, -0.1) is 11.3 Å². The van der Waals surface area contributed by atoms with E-state index in [9.17, 15) is 14.4 Å². The van der Waals surface area contributed by atoms with E-state index in [1.54, 1.807) is 24.3 Å². The van der Waals surface area contributed by atoms with Gasteiger partial charge in [-0.05, 0) is 60.2 Å². The van der Waals surface area contributed by atoms with E-state index in [0.29, 0.717) is 17.2 Å². The molecule has 0 bridgehead atoms. The van der Waals surface area contributed by atoms with Crippen LogP contribution in [-0.4, -0.2) is 41.8 Å². The number of hydrogen-bond acceptors (Lipinski definition) is 6. The van der Waals surface area contributed by atoms with Crippen molar-refractivity contribution in [2.75, 3.05) is 13.1 Å². The molecule has 3 amide bonds. The van der Waals surface area contributed by atoms with Crippen LogP contribution in [0.1, 0.15) is 46.8 Å². The van der Waals surface area contributed by atoms with E-state index in [1.165, 1.54) is 18.3 Å². The highest BCUT2D eigenvalue weighted by molar-refractivity contribution is 9.11. The van der Waals surface area contributed by atoms with Crippen molar-refractivity contribution in [2.45, 2.75) is 33.4 Å². The van der Waals surface area contributed by atoms with Crippen LogP contribution in [0.4, 0.5) is 0 Å². The number of nitrogens with one attached hydrogen (secondary N) is 3. The molecular formula is C18H23BrN4O4S. The minimum absolute atomic E-state index is 0.0996. The summed E-state index contributed by atoms with van der Waals surface area (Å²) in [6.07, 6.45) is 0. The van der Waals surface area contributed by atoms with Gasteiger partial charge in [-0.2, -0.15) is 0 Å². The molecule has 0 aromatic carbocycles. The smallest absolute Gasteiger partial charge is 0.305 e. The second-order valence-electron chi connectivity index (χ2n) is 5.97. The SMILES string of the molecule is CCN(CC)Cc1ccc(C(=O)NNC(=O)C(C)NC(=O)c2ccc(Br)s2)o1. The Balaban J connectivity index is 1.82. The molecule has 0 fully saturated rings. The van der Waals surface area contributed by atoms with Gasteiger partial charge in [-0.3, -0.25) is 30.1 Å². The van der Waals surface area contributed by atoms with Crippen LogP contribution >= 0.6 is 27.3 Å². The van der Waals surface area contributed by atoms with E-state index in [2.05, 4.69) is 37.0 Å². The number of nitrogens with zero attached hydrogens (tertiary/aromatic N) is 1. The van der Waals surface area contributed by atoms with Gasteiger partial charge in [0.1, 0.15) is 11.8 Å². The van der Waals surface area contributed by atoms with E-state index in [-0.39, 0.29) is 11.7 Å². The highest BCUT2D eigenvalue weighted by Crippen LogP contribution is 2.21. The fraction of sp³-hybridized carbons (Fsp3) is 0.389. The molecule has 2 heterocycles. The summed E-state index contributed by atoms with van der Waals surface area (Å²) in [7, 11) is 0. The Bertz CT molecular complexity index is 831. The lowest BCUT2D eigenvalue weighted by molar-refractivity contribution is -0.123. The molecule has 0 saturated heterocycles. The Morgan fingerprint density at radius 2 is 1.82 bits per heavy atom. The van der Waals surface area contributed by atoms with Crippen molar-refractivity contribution in [3.8, 4) is 0 Å². The second kappa shape index (κ2) is 10.4. The third-order valence-corrected chi connectivity index (χ3v) is 5.62. The zero-order chi connectivity index (χ0) is 20.7. The first kappa shape index (κ1) is 22.1. The third-order valence-electron chi connectivity index (χ3n) is 4.00. The monoisotopic (exact) mass is 470 g/mol. The van der Waals surface area contributed by atoms with Crippen LogP contribution in [0.2, 0.25) is 0 Å². The lowest BCUT2D eigenvalue weighted by atomic mass is 10.3.